The minimum atomic E-state index is -0.631. The van der Waals surface area contributed by atoms with Gasteiger partial charge in [0.15, 0.2) is 0 Å². The molecule has 9 heteroatoms. The van der Waals surface area contributed by atoms with Crippen LogP contribution in [0, 0.1) is 12.8 Å². The molecule has 0 aliphatic carbocycles. The fourth-order valence-corrected chi connectivity index (χ4v) is 5.97. The molecule has 192 valence electrons. The van der Waals surface area contributed by atoms with Crippen LogP contribution < -0.4 is 5.73 Å². The molecule has 2 N–H and O–H groups in total. The van der Waals surface area contributed by atoms with Crippen molar-refractivity contribution in [2.45, 2.75) is 45.2 Å². The van der Waals surface area contributed by atoms with Gasteiger partial charge in [0.25, 0.3) is 0 Å². The Kier molecular flexibility index (Phi) is 5.65. The van der Waals surface area contributed by atoms with E-state index in [2.05, 4.69) is 51.3 Å². The predicted molar refractivity (Wildman–Crippen MR) is 144 cm³/mol. The Morgan fingerprint density at radius 2 is 1.78 bits per heavy atom. The highest BCUT2D eigenvalue weighted by molar-refractivity contribution is 6.06. The second-order valence-electron chi connectivity index (χ2n) is 10.8. The lowest BCUT2D eigenvalue weighted by Gasteiger charge is -2.33. The number of aromatic nitrogens is 7. The van der Waals surface area contributed by atoms with Crippen LogP contribution in [0.3, 0.4) is 0 Å². The number of ether oxygens (including phenoxy) is 1. The first kappa shape index (κ1) is 23.8. The fraction of sp³-hybridized carbons (Fsp3) is 0.429. The highest BCUT2D eigenvalue weighted by atomic mass is 16.5. The van der Waals surface area contributed by atoms with Gasteiger partial charge < -0.3 is 15.0 Å². The third-order valence-electron chi connectivity index (χ3n) is 7.63. The summed E-state index contributed by atoms with van der Waals surface area (Å²) in [6.07, 6.45) is 3.89. The van der Waals surface area contributed by atoms with E-state index in [-0.39, 0.29) is 6.04 Å². The first-order chi connectivity index (χ1) is 17.8. The summed E-state index contributed by atoms with van der Waals surface area (Å²) in [6.45, 7) is 7.55. The number of benzene rings is 1. The molecule has 0 amide bonds. The number of aryl methyl sites for hydroxylation is 3. The average Bonchev–Trinajstić information content (AvgIpc) is 3.52. The van der Waals surface area contributed by atoms with E-state index in [1.807, 2.05) is 50.4 Å². The van der Waals surface area contributed by atoms with Crippen molar-refractivity contribution in [2.24, 2.45) is 25.7 Å². The van der Waals surface area contributed by atoms with Gasteiger partial charge in [0.05, 0.1) is 34.0 Å². The molecule has 5 heterocycles. The Bertz CT molecular complexity index is 1560. The van der Waals surface area contributed by atoms with Gasteiger partial charge in [-0.3, -0.25) is 9.67 Å². The minimum absolute atomic E-state index is 0.0817. The maximum atomic E-state index is 6.74. The topological polar surface area (TPSA) is 102 Å². The third kappa shape index (κ3) is 3.84. The van der Waals surface area contributed by atoms with Crippen LogP contribution in [0.1, 0.15) is 49.7 Å². The molecule has 1 fully saturated rings. The van der Waals surface area contributed by atoms with Crippen molar-refractivity contribution in [2.75, 3.05) is 13.2 Å². The second-order valence-corrected chi connectivity index (χ2v) is 10.8. The summed E-state index contributed by atoms with van der Waals surface area (Å²) in [5.41, 5.74) is 15.1. The van der Waals surface area contributed by atoms with Gasteiger partial charge in [-0.05, 0) is 51.2 Å². The third-order valence-corrected chi connectivity index (χ3v) is 7.63. The molecule has 1 unspecified atom stereocenters. The van der Waals surface area contributed by atoms with E-state index in [4.69, 9.17) is 20.6 Å². The quantitative estimate of drug-likeness (QED) is 0.389. The van der Waals surface area contributed by atoms with Crippen molar-refractivity contribution >= 4 is 22.1 Å². The summed E-state index contributed by atoms with van der Waals surface area (Å²) < 4.78 is 12.0. The fourth-order valence-electron chi connectivity index (χ4n) is 5.97. The van der Waals surface area contributed by atoms with Crippen LogP contribution in [-0.2, 0) is 24.4 Å². The van der Waals surface area contributed by atoms with Crippen LogP contribution >= 0.6 is 0 Å². The van der Waals surface area contributed by atoms with E-state index in [0.717, 1.165) is 70.8 Å². The van der Waals surface area contributed by atoms with Gasteiger partial charge in [-0.2, -0.15) is 5.10 Å². The Morgan fingerprint density at radius 3 is 2.43 bits per heavy atom. The number of pyridine rings is 1. The molecule has 4 aromatic heterocycles. The number of fused-ring (bicyclic) bond motifs is 3. The van der Waals surface area contributed by atoms with Crippen LogP contribution in [0.15, 0.2) is 42.6 Å². The highest BCUT2D eigenvalue weighted by Gasteiger charge is 2.35. The SMILES string of the molecule is Cc1nnn(C)c1-c1cnc2c3c(c(C(C)(C)N)nn3C)n(C(c3ccccc3)C3CCOCC3)c2c1. The molecule has 0 bridgehead atoms. The van der Waals surface area contributed by atoms with Gasteiger partial charge in [-0.15, -0.1) is 5.10 Å². The molecule has 5 aromatic rings. The van der Waals surface area contributed by atoms with Crippen molar-refractivity contribution in [3.63, 3.8) is 0 Å². The first-order valence-corrected chi connectivity index (χ1v) is 12.9. The van der Waals surface area contributed by atoms with Crippen molar-refractivity contribution in [1.82, 2.24) is 34.3 Å². The van der Waals surface area contributed by atoms with E-state index < -0.39 is 5.54 Å². The van der Waals surface area contributed by atoms with Gasteiger partial charge in [0.1, 0.15) is 16.7 Å². The van der Waals surface area contributed by atoms with Gasteiger partial charge in [0.2, 0.25) is 0 Å². The van der Waals surface area contributed by atoms with Crippen LogP contribution in [0.4, 0.5) is 0 Å². The molecule has 0 spiro atoms. The summed E-state index contributed by atoms with van der Waals surface area (Å²) in [4.78, 5) is 5.03. The van der Waals surface area contributed by atoms with Gasteiger partial charge >= 0.3 is 0 Å². The summed E-state index contributed by atoms with van der Waals surface area (Å²) >= 11 is 0. The maximum Gasteiger partial charge on any atom is 0.114 e. The lowest BCUT2D eigenvalue weighted by Crippen LogP contribution is -2.31. The predicted octanol–water partition coefficient (Wildman–Crippen LogP) is 4.24. The largest absolute Gasteiger partial charge is 0.381 e. The molecule has 1 aromatic carbocycles. The maximum absolute atomic E-state index is 6.74. The van der Waals surface area contributed by atoms with Crippen molar-refractivity contribution in [3.05, 3.63) is 59.5 Å². The van der Waals surface area contributed by atoms with E-state index in [9.17, 15) is 0 Å². The number of hydrogen-bond donors (Lipinski definition) is 1. The van der Waals surface area contributed by atoms with Gasteiger partial charge in [-0.25, -0.2) is 4.68 Å². The van der Waals surface area contributed by atoms with Crippen LogP contribution in [0.2, 0.25) is 0 Å². The van der Waals surface area contributed by atoms with Crippen LogP contribution in [-0.4, -0.2) is 47.5 Å². The smallest absolute Gasteiger partial charge is 0.114 e. The molecule has 1 aliphatic heterocycles. The second kappa shape index (κ2) is 8.78. The Balaban J connectivity index is 1.73. The van der Waals surface area contributed by atoms with E-state index in [1.165, 1.54) is 5.56 Å². The Morgan fingerprint density at radius 1 is 1.05 bits per heavy atom. The van der Waals surface area contributed by atoms with Crippen molar-refractivity contribution in [3.8, 4) is 11.3 Å². The number of nitrogens with zero attached hydrogens (tertiary/aromatic N) is 7. The van der Waals surface area contributed by atoms with Crippen LogP contribution in [0.25, 0.3) is 33.3 Å². The summed E-state index contributed by atoms with van der Waals surface area (Å²) in [6, 6.07) is 13.1. The number of hydrogen-bond acceptors (Lipinski definition) is 6. The molecule has 9 nitrogen and oxygen atoms in total. The van der Waals surface area contributed by atoms with Crippen molar-refractivity contribution in [1.29, 1.82) is 0 Å². The summed E-state index contributed by atoms with van der Waals surface area (Å²) in [5, 5.41) is 13.4. The Labute approximate surface area is 216 Å². The molecule has 1 atom stereocenters. The molecule has 1 saturated heterocycles. The molecule has 1 aliphatic rings. The lowest BCUT2D eigenvalue weighted by atomic mass is 9.86. The molecule has 0 saturated carbocycles. The average molecular weight is 499 g/mol. The molecular formula is C28H34N8O. The zero-order valence-electron chi connectivity index (χ0n) is 22.1. The molecular weight excluding hydrogens is 464 g/mol. The van der Waals surface area contributed by atoms with E-state index >= 15 is 0 Å². The number of nitrogens with two attached hydrogens (primary N) is 1. The summed E-state index contributed by atoms with van der Waals surface area (Å²) in [7, 11) is 3.90. The first-order valence-electron chi connectivity index (χ1n) is 12.9. The standard InChI is InChI=1S/C28H34N8O/c1-17-23(35(5)33-31-17)20-15-21-22(30-16-20)25-26(27(28(2,3)29)32-34(25)4)36(21)24(18-9-7-6-8-10-18)19-11-13-37-14-12-19/h6-10,15-16,19,24H,11-14,29H2,1-5H3. The highest BCUT2D eigenvalue weighted by Crippen LogP contribution is 2.43. The number of rotatable bonds is 5. The monoisotopic (exact) mass is 498 g/mol. The van der Waals surface area contributed by atoms with Gasteiger partial charge in [-0.1, -0.05) is 35.5 Å². The van der Waals surface area contributed by atoms with E-state index in [1.54, 1.807) is 0 Å². The lowest BCUT2D eigenvalue weighted by molar-refractivity contribution is 0.0552. The molecule has 37 heavy (non-hydrogen) atoms. The van der Waals surface area contributed by atoms with E-state index in [0.29, 0.717) is 5.92 Å². The Hall–Kier alpha value is -3.56. The zero-order valence-corrected chi connectivity index (χ0v) is 22.1. The minimum Gasteiger partial charge on any atom is -0.381 e. The van der Waals surface area contributed by atoms with Gasteiger partial charge in [0, 0.05) is 39.1 Å². The van der Waals surface area contributed by atoms with Crippen molar-refractivity contribution < 1.29 is 4.74 Å². The normalized spacial score (nSPS) is 16.2. The summed E-state index contributed by atoms with van der Waals surface area (Å²) in [5.74, 6) is 0.396. The van der Waals surface area contributed by atoms with Crippen LogP contribution in [0.5, 0.6) is 0 Å². The molecule has 6 rings (SSSR count). The molecule has 0 radical (unpaired) electrons. The zero-order chi connectivity index (χ0) is 25.9.